The summed E-state index contributed by atoms with van der Waals surface area (Å²) in [5, 5.41) is 0. The maximum absolute atomic E-state index is 8.74. The zero-order valence-corrected chi connectivity index (χ0v) is 9.64. The molecule has 0 fully saturated rings. The van der Waals surface area contributed by atoms with Crippen LogP contribution in [0.15, 0.2) is 0 Å². The van der Waals surface area contributed by atoms with E-state index in [1.807, 2.05) is 0 Å². The molecule has 0 amide bonds. The quantitative estimate of drug-likeness (QED) is 0.377. The van der Waals surface area contributed by atoms with Gasteiger partial charge in [0, 0.05) is 0 Å². The molecule has 15 heavy (non-hydrogen) atoms. The lowest BCUT2D eigenvalue weighted by atomic mass is 10.6. The van der Waals surface area contributed by atoms with Crippen molar-refractivity contribution in [3.05, 3.63) is 0 Å². The van der Waals surface area contributed by atoms with Gasteiger partial charge in [-0.15, -0.1) is 0 Å². The van der Waals surface area contributed by atoms with Gasteiger partial charge in [-0.25, -0.2) is 0 Å². The van der Waals surface area contributed by atoms with Gasteiger partial charge in [0.25, 0.3) is 0 Å². The zero-order valence-electron chi connectivity index (χ0n) is 8.82. The SMILES string of the molecule is CC(N)OC(C)OC(C)N.O=S(=O)(O)O. The molecule has 0 spiro atoms. The Morgan fingerprint density at radius 3 is 1.33 bits per heavy atom. The Kier molecular flexibility index (Phi) is 9.05. The van der Waals surface area contributed by atoms with Crippen molar-refractivity contribution in [2.75, 3.05) is 0 Å². The van der Waals surface area contributed by atoms with Crippen LogP contribution in [0.1, 0.15) is 20.8 Å². The van der Waals surface area contributed by atoms with Crippen molar-refractivity contribution in [2.24, 2.45) is 11.5 Å². The van der Waals surface area contributed by atoms with Crippen LogP contribution in [0.2, 0.25) is 0 Å². The molecule has 0 bridgehead atoms. The Morgan fingerprint density at radius 1 is 1.00 bits per heavy atom. The van der Waals surface area contributed by atoms with Crippen LogP contribution in [0.5, 0.6) is 0 Å². The van der Waals surface area contributed by atoms with Crippen LogP contribution in [0.4, 0.5) is 0 Å². The predicted molar refractivity (Wildman–Crippen MR) is 53.1 cm³/mol. The summed E-state index contributed by atoms with van der Waals surface area (Å²) in [7, 11) is -4.67. The van der Waals surface area contributed by atoms with Crippen molar-refractivity contribution in [2.45, 2.75) is 39.5 Å². The van der Waals surface area contributed by atoms with Crippen molar-refractivity contribution in [3.63, 3.8) is 0 Å². The molecule has 0 saturated heterocycles. The Labute approximate surface area is 89.1 Å². The van der Waals surface area contributed by atoms with E-state index in [0.29, 0.717) is 0 Å². The zero-order chi connectivity index (χ0) is 12.6. The second-order valence-corrected chi connectivity index (χ2v) is 3.59. The molecule has 0 aliphatic heterocycles. The van der Waals surface area contributed by atoms with Crippen LogP contribution in [-0.4, -0.2) is 36.3 Å². The first-order chi connectivity index (χ1) is 6.52. The highest BCUT2D eigenvalue weighted by molar-refractivity contribution is 7.79. The fourth-order valence-corrected chi connectivity index (χ4v) is 0.637. The van der Waals surface area contributed by atoms with E-state index in [0.717, 1.165) is 0 Å². The van der Waals surface area contributed by atoms with Gasteiger partial charge in [0.05, 0.1) is 0 Å². The Bertz CT molecular complexity index is 222. The van der Waals surface area contributed by atoms with E-state index in [1.165, 1.54) is 0 Å². The molecule has 0 aromatic heterocycles. The summed E-state index contributed by atoms with van der Waals surface area (Å²) in [6.45, 7) is 5.23. The lowest BCUT2D eigenvalue weighted by Gasteiger charge is -2.18. The lowest BCUT2D eigenvalue weighted by molar-refractivity contribution is -0.174. The van der Waals surface area contributed by atoms with E-state index < -0.39 is 10.4 Å². The topological polar surface area (TPSA) is 145 Å². The second kappa shape index (κ2) is 7.93. The van der Waals surface area contributed by atoms with Gasteiger partial charge in [-0.3, -0.25) is 9.11 Å². The minimum Gasteiger partial charge on any atom is -0.335 e. The molecule has 0 aromatic rings. The van der Waals surface area contributed by atoms with Crippen LogP contribution in [0.3, 0.4) is 0 Å². The summed E-state index contributed by atoms with van der Waals surface area (Å²) in [4.78, 5) is 0. The summed E-state index contributed by atoms with van der Waals surface area (Å²) in [6, 6.07) is 0. The minimum absolute atomic E-state index is 0.311. The van der Waals surface area contributed by atoms with Crippen molar-refractivity contribution >= 4 is 10.4 Å². The standard InChI is InChI=1S/C6H16N2O2.H2O4S/c1-4(7)9-6(3)10-5(2)8;1-5(2,3)4/h4-6H,7-8H2,1-3H3;(H2,1,2,3,4). The average molecular weight is 246 g/mol. The summed E-state index contributed by atoms with van der Waals surface area (Å²) in [5.74, 6) is 0. The van der Waals surface area contributed by atoms with E-state index in [2.05, 4.69) is 0 Å². The third kappa shape index (κ3) is 31.6. The van der Waals surface area contributed by atoms with Gasteiger partial charge in [0.2, 0.25) is 0 Å². The molecule has 0 aliphatic rings. The van der Waals surface area contributed by atoms with E-state index in [1.54, 1.807) is 20.8 Å². The average Bonchev–Trinajstić information content (AvgIpc) is 1.76. The number of hydrogen-bond donors (Lipinski definition) is 4. The smallest absolute Gasteiger partial charge is 0.335 e. The molecule has 0 heterocycles. The van der Waals surface area contributed by atoms with Crippen molar-refractivity contribution in [3.8, 4) is 0 Å². The number of ether oxygens (including phenoxy) is 2. The van der Waals surface area contributed by atoms with E-state index >= 15 is 0 Å². The monoisotopic (exact) mass is 246 g/mol. The highest BCUT2D eigenvalue weighted by atomic mass is 32.3. The van der Waals surface area contributed by atoms with E-state index in [-0.39, 0.29) is 18.7 Å². The molecule has 0 aliphatic carbocycles. The van der Waals surface area contributed by atoms with Crippen molar-refractivity contribution < 1.29 is 27.0 Å². The lowest BCUT2D eigenvalue weighted by Crippen LogP contribution is -2.31. The third-order valence-electron chi connectivity index (χ3n) is 0.813. The third-order valence-corrected chi connectivity index (χ3v) is 0.813. The normalized spacial score (nSPS) is 17.3. The highest BCUT2D eigenvalue weighted by Crippen LogP contribution is 1.96. The first-order valence-electron chi connectivity index (χ1n) is 4.04. The molecule has 2 atom stereocenters. The minimum atomic E-state index is -4.67. The molecule has 2 unspecified atom stereocenters. The molecular formula is C6H18N2O6S. The first kappa shape index (κ1) is 17.1. The molecule has 8 nitrogen and oxygen atoms in total. The molecule has 0 rings (SSSR count). The maximum Gasteiger partial charge on any atom is 0.394 e. The molecule has 0 aromatic carbocycles. The van der Waals surface area contributed by atoms with Crippen LogP contribution >= 0.6 is 0 Å². The van der Waals surface area contributed by atoms with Crippen LogP contribution in [0, 0.1) is 0 Å². The van der Waals surface area contributed by atoms with E-state index in [9.17, 15) is 0 Å². The molecular weight excluding hydrogens is 228 g/mol. The van der Waals surface area contributed by atoms with E-state index in [4.69, 9.17) is 38.5 Å². The van der Waals surface area contributed by atoms with Crippen LogP contribution in [0.25, 0.3) is 0 Å². The maximum atomic E-state index is 8.74. The van der Waals surface area contributed by atoms with Crippen molar-refractivity contribution in [1.82, 2.24) is 0 Å². The van der Waals surface area contributed by atoms with Gasteiger partial charge >= 0.3 is 10.4 Å². The van der Waals surface area contributed by atoms with Gasteiger partial charge in [0.1, 0.15) is 12.5 Å². The molecule has 0 radical (unpaired) electrons. The van der Waals surface area contributed by atoms with Gasteiger partial charge in [-0.2, -0.15) is 8.42 Å². The van der Waals surface area contributed by atoms with Gasteiger partial charge in [0.15, 0.2) is 6.29 Å². The fourth-order valence-electron chi connectivity index (χ4n) is 0.637. The summed E-state index contributed by atoms with van der Waals surface area (Å²) in [5.41, 5.74) is 10.7. The Hall–Kier alpha value is -0.290. The van der Waals surface area contributed by atoms with Crippen LogP contribution < -0.4 is 11.5 Å². The summed E-state index contributed by atoms with van der Waals surface area (Å²) in [6.07, 6.45) is -0.956. The van der Waals surface area contributed by atoms with Gasteiger partial charge in [-0.05, 0) is 20.8 Å². The highest BCUT2D eigenvalue weighted by Gasteiger charge is 2.06. The summed E-state index contributed by atoms with van der Waals surface area (Å²) < 4.78 is 41.7. The Balaban J connectivity index is 0. The molecule has 94 valence electrons. The van der Waals surface area contributed by atoms with Gasteiger partial charge < -0.3 is 20.9 Å². The fraction of sp³-hybridized carbons (Fsp3) is 1.00. The van der Waals surface area contributed by atoms with Gasteiger partial charge in [-0.1, -0.05) is 0 Å². The molecule has 0 saturated carbocycles. The molecule has 6 N–H and O–H groups in total. The Morgan fingerprint density at radius 2 is 1.20 bits per heavy atom. The predicted octanol–water partition coefficient (Wildman–Crippen LogP) is -0.678. The second-order valence-electron chi connectivity index (χ2n) is 2.70. The first-order valence-corrected chi connectivity index (χ1v) is 5.44. The number of rotatable bonds is 4. The molecule has 9 heteroatoms. The number of hydrogen-bond acceptors (Lipinski definition) is 6. The summed E-state index contributed by atoms with van der Waals surface area (Å²) >= 11 is 0. The van der Waals surface area contributed by atoms with Crippen LogP contribution in [-0.2, 0) is 19.9 Å². The number of nitrogens with two attached hydrogens (primary N) is 2. The largest absolute Gasteiger partial charge is 0.394 e. The van der Waals surface area contributed by atoms with Crippen molar-refractivity contribution in [1.29, 1.82) is 0 Å².